The number of carbonyl (C=O) groups is 1. The van der Waals surface area contributed by atoms with E-state index in [1.54, 1.807) is 30.5 Å². The Morgan fingerprint density at radius 1 is 1.39 bits per heavy atom. The van der Waals surface area contributed by atoms with Gasteiger partial charge in [0.05, 0.1) is 16.4 Å². The Kier molecular flexibility index (Phi) is 2.45. The minimum Gasteiger partial charge on any atom is -0.375 e. The van der Waals surface area contributed by atoms with E-state index in [2.05, 4.69) is 20.5 Å². The third-order valence-electron chi connectivity index (χ3n) is 2.42. The smallest absolute Gasteiger partial charge is 0.256 e. The van der Waals surface area contributed by atoms with E-state index in [1.165, 1.54) is 11.3 Å². The lowest BCUT2D eigenvalue weighted by Crippen LogP contribution is -2.11. The molecule has 0 fully saturated rings. The fraction of sp³-hybridized carbons (Fsp3) is 0. The second-order valence-electron chi connectivity index (χ2n) is 3.66. The van der Waals surface area contributed by atoms with Crippen LogP contribution in [0.25, 0.3) is 10.2 Å². The number of amides is 1. The van der Waals surface area contributed by atoms with Gasteiger partial charge in [-0.2, -0.15) is 5.10 Å². The Morgan fingerprint density at radius 2 is 2.28 bits per heavy atom. The van der Waals surface area contributed by atoms with Gasteiger partial charge in [0.25, 0.3) is 5.91 Å². The standard InChI is InChI=1S/C11H9N5OS/c12-11-14-7-2-1-6(5-8(7)18-11)10(17)15-9-3-4-13-16-9/h1-5H,(H2,12,14)(H2,13,15,16,17). The average Bonchev–Trinajstić information content (AvgIpc) is 2.95. The molecule has 3 rings (SSSR count). The summed E-state index contributed by atoms with van der Waals surface area (Å²) >= 11 is 1.36. The van der Waals surface area contributed by atoms with E-state index in [0.717, 1.165) is 10.2 Å². The van der Waals surface area contributed by atoms with Crippen LogP contribution >= 0.6 is 11.3 Å². The topological polar surface area (TPSA) is 96.7 Å². The predicted octanol–water partition coefficient (Wildman–Crippen LogP) is 1.85. The van der Waals surface area contributed by atoms with Gasteiger partial charge in [-0.15, -0.1) is 0 Å². The van der Waals surface area contributed by atoms with Crippen molar-refractivity contribution >= 4 is 38.4 Å². The molecular weight excluding hydrogens is 250 g/mol. The number of hydrogen-bond acceptors (Lipinski definition) is 5. The highest BCUT2D eigenvalue weighted by Crippen LogP contribution is 2.24. The van der Waals surface area contributed by atoms with E-state index in [-0.39, 0.29) is 5.91 Å². The number of nitrogens with zero attached hydrogens (tertiary/aromatic N) is 2. The van der Waals surface area contributed by atoms with Crippen LogP contribution in [0.2, 0.25) is 0 Å². The lowest BCUT2D eigenvalue weighted by Gasteiger charge is -2.01. The molecule has 0 radical (unpaired) electrons. The molecule has 0 aliphatic carbocycles. The van der Waals surface area contributed by atoms with Crippen LogP contribution in [0, 0.1) is 0 Å². The molecule has 0 unspecified atom stereocenters. The van der Waals surface area contributed by atoms with E-state index < -0.39 is 0 Å². The maximum atomic E-state index is 12.0. The van der Waals surface area contributed by atoms with Gasteiger partial charge < -0.3 is 11.1 Å². The number of fused-ring (bicyclic) bond motifs is 1. The summed E-state index contributed by atoms with van der Waals surface area (Å²) in [5.41, 5.74) is 6.98. The molecule has 7 heteroatoms. The molecule has 3 aromatic rings. The van der Waals surface area contributed by atoms with Crippen molar-refractivity contribution in [2.24, 2.45) is 0 Å². The number of benzene rings is 1. The molecule has 90 valence electrons. The highest BCUT2D eigenvalue weighted by Gasteiger charge is 2.09. The third-order valence-corrected chi connectivity index (χ3v) is 3.26. The second-order valence-corrected chi connectivity index (χ2v) is 4.72. The number of hydrogen-bond donors (Lipinski definition) is 3. The molecule has 1 amide bonds. The number of nitrogens with two attached hydrogens (primary N) is 1. The highest BCUT2D eigenvalue weighted by molar-refractivity contribution is 7.22. The van der Waals surface area contributed by atoms with Crippen molar-refractivity contribution in [3.63, 3.8) is 0 Å². The number of carbonyl (C=O) groups excluding carboxylic acids is 1. The van der Waals surface area contributed by atoms with E-state index >= 15 is 0 Å². The minimum atomic E-state index is -0.201. The summed E-state index contributed by atoms with van der Waals surface area (Å²) in [6, 6.07) is 6.95. The zero-order valence-electron chi connectivity index (χ0n) is 9.18. The normalized spacial score (nSPS) is 10.7. The Balaban J connectivity index is 1.91. The van der Waals surface area contributed by atoms with Crippen molar-refractivity contribution in [3.8, 4) is 0 Å². The molecule has 2 aromatic heterocycles. The maximum Gasteiger partial charge on any atom is 0.256 e. The number of thiazole rings is 1. The molecule has 1 aromatic carbocycles. The SMILES string of the molecule is Nc1nc2ccc(C(=O)Nc3ccn[nH]3)cc2s1. The van der Waals surface area contributed by atoms with Gasteiger partial charge in [0.2, 0.25) is 0 Å². The fourth-order valence-electron chi connectivity index (χ4n) is 1.60. The Morgan fingerprint density at radius 3 is 3.06 bits per heavy atom. The summed E-state index contributed by atoms with van der Waals surface area (Å²) in [5.74, 6) is 0.358. The van der Waals surface area contributed by atoms with Crippen LogP contribution in [0.4, 0.5) is 10.9 Å². The summed E-state index contributed by atoms with van der Waals surface area (Å²) in [7, 11) is 0. The molecule has 18 heavy (non-hydrogen) atoms. The third kappa shape index (κ3) is 1.91. The Bertz CT molecular complexity index is 703. The molecule has 0 spiro atoms. The van der Waals surface area contributed by atoms with Gasteiger partial charge in [-0.1, -0.05) is 11.3 Å². The van der Waals surface area contributed by atoms with Crippen molar-refractivity contribution in [1.29, 1.82) is 0 Å². The molecule has 0 atom stereocenters. The van der Waals surface area contributed by atoms with Gasteiger partial charge in [-0.3, -0.25) is 9.89 Å². The fourth-order valence-corrected chi connectivity index (χ4v) is 2.38. The number of rotatable bonds is 2. The molecule has 0 aliphatic rings. The van der Waals surface area contributed by atoms with Crippen LogP contribution in [0.5, 0.6) is 0 Å². The van der Waals surface area contributed by atoms with Crippen molar-refractivity contribution in [3.05, 3.63) is 36.0 Å². The molecule has 4 N–H and O–H groups in total. The maximum absolute atomic E-state index is 12.0. The molecule has 0 saturated heterocycles. The van der Waals surface area contributed by atoms with E-state index in [0.29, 0.717) is 16.5 Å². The van der Waals surface area contributed by atoms with Gasteiger partial charge in [0.15, 0.2) is 5.13 Å². The minimum absolute atomic E-state index is 0.201. The second kappa shape index (κ2) is 4.11. The van der Waals surface area contributed by atoms with Crippen molar-refractivity contribution in [1.82, 2.24) is 15.2 Å². The van der Waals surface area contributed by atoms with Gasteiger partial charge in [-0.05, 0) is 18.2 Å². The predicted molar refractivity (Wildman–Crippen MR) is 70.6 cm³/mol. The van der Waals surface area contributed by atoms with Crippen LogP contribution in [0.3, 0.4) is 0 Å². The molecule has 0 saturated carbocycles. The van der Waals surface area contributed by atoms with Crippen LogP contribution in [0.1, 0.15) is 10.4 Å². The van der Waals surface area contributed by atoms with Gasteiger partial charge in [0.1, 0.15) is 5.82 Å². The zero-order chi connectivity index (χ0) is 12.5. The van der Waals surface area contributed by atoms with Gasteiger partial charge in [-0.25, -0.2) is 4.98 Å². The van der Waals surface area contributed by atoms with E-state index in [4.69, 9.17) is 5.73 Å². The lowest BCUT2D eigenvalue weighted by atomic mass is 10.2. The molecule has 0 aliphatic heterocycles. The molecular formula is C11H9N5OS. The molecule has 0 bridgehead atoms. The first-order valence-electron chi connectivity index (χ1n) is 5.19. The van der Waals surface area contributed by atoms with Crippen LogP contribution < -0.4 is 11.1 Å². The van der Waals surface area contributed by atoms with Gasteiger partial charge >= 0.3 is 0 Å². The average molecular weight is 259 g/mol. The Hall–Kier alpha value is -2.41. The first kappa shape index (κ1) is 10.7. The van der Waals surface area contributed by atoms with Crippen molar-refractivity contribution in [2.45, 2.75) is 0 Å². The number of aromatic nitrogens is 3. The van der Waals surface area contributed by atoms with E-state index in [9.17, 15) is 4.79 Å². The largest absolute Gasteiger partial charge is 0.375 e. The quantitative estimate of drug-likeness (QED) is 0.654. The first-order chi connectivity index (χ1) is 8.72. The molecule has 6 nitrogen and oxygen atoms in total. The number of nitrogen functional groups attached to an aromatic ring is 1. The van der Waals surface area contributed by atoms with Crippen LogP contribution in [-0.2, 0) is 0 Å². The zero-order valence-corrected chi connectivity index (χ0v) is 9.99. The van der Waals surface area contributed by atoms with E-state index in [1.807, 2.05) is 0 Å². The van der Waals surface area contributed by atoms with Crippen LogP contribution in [0.15, 0.2) is 30.5 Å². The Labute approximate surface area is 106 Å². The van der Waals surface area contributed by atoms with Crippen LogP contribution in [-0.4, -0.2) is 21.1 Å². The number of nitrogens with one attached hydrogen (secondary N) is 2. The highest BCUT2D eigenvalue weighted by atomic mass is 32.1. The summed E-state index contributed by atoms with van der Waals surface area (Å²) in [6.45, 7) is 0. The van der Waals surface area contributed by atoms with Gasteiger partial charge in [0, 0.05) is 11.6 Å². The van der Waals surface area contributed by atoms with Crippen molar-refractivity contribution in [2.75, 3.05) is 11.1 Å². The summed E-state index contributed by atoms with van der Waals surface area (Å²) in [4.78, 5) is 16.1. The number of aromatic amines is 1. The number of anilines is 2. The first-order valence-corrected chi connectivity index (χ1v) is 6.01. The lowest BCUT2D eigenvalue weighted by molar-refractivity contribution is 0.102. The number of H-pyrrole nitrogens is 1. The summed E-state index contributed by atoms with van der Waals surface area (Å²) < 4.78 is 0.893. The molecule has 2 heterocycles. The van der Waals surface area contributed by atoms with Crippen molar-refractivity contribution < 1.29 is 4.79 Å². The summed E-state index contributed by atoms with van der Waals surface area (Å²) in [6.07, 6.45) is 1.57. The monoisotopic (exact) mass is 259 g/mol. The summed E-state index contributed by atoms with van der Waals surface area (Å²) in [5, 5.41) is 9.63.